The van der Waals surface area contributed by atoms with E-state index in [4.69, 9.17) is 11.6 Å². The fourth-order valence-electron chi connectivity index (χ4n) is 2.58. The lowest BCUT2D eigenvalue weighted by atomic mass is 10.2. The summed E-state index contributed by atoms with van der Waals surface area (Å²) >= 11 is 8.30. The van der Waals surface area contributed by atoms with Crippen LogP contribution in [0.15, 0.2) is 42.5 Å². The van der Waals surface area contributed by atoms with Crippen LogP contribution in [0.5, 0.6) is 0 Å². The smallest absolute Gasteiger partial charge is 0.238 e. The number of nitrogens with one attached hydrogen (secondary N) is 1. The minimum Gasteiger partial charge on any atom is -0.324 e. The molecule has 126 valence electrons. The van der Waals surface area contributed by atoms with E-state index in [1.807, 2.05) is 29.2 Å². The molecular formula is C18H17ClFIN2O. The third-order valence-corrected chi connectivity index (χ3v) is 5.28. The minimum absolute atomic E-state index is 0.0986. The molecule has 1 aliphatic carbocycles. The third-order valence-electron chi connectivity index (χ3n) is 3.98. The van der Waals surface area contributed by atoms with Crippen molar-refractivity contribution in [2.24, 2.45) is 0 Å². The van der Waals surface area contributed by atoms with Crippen LogP contribution >= 0.6 is 34.2 Å². The Balaban J connectivity index is 1.68. The number of carbonyl (C=O) groups is 1. The summed E-state index contributed by atoms with van der Waals surface area (Å²) in [6.45, 7) is 0.565. The fraction of sp³-hybridized carbons (Fsp3) is 0.278. The topological polar surface area (TPSA) is 32.3 Å². The van der Waals surface area contributed by atoms with E-state index >= 15 is 0 Å². The van der Waals surface area contributed by atoms with E-state index in [2.05, 4.69) is 27.9 Å². The van der Waals surface area contributed by atoms with E-state index in [0.717, 1.165) is 22.1 Å². The Morgan fingerprint density at radius 3 is 2.67 bits per heavy atom. The molecule has 0 atom stereocenters. The number of hydrogen-bond donors (Lipinski definition) is 1. The molecule has 1 saturated carbocycles. The van der Waals surface area contributed by atoms with Crippen molar-refractivity contribution in [2.45, 2.75) is 25.4 Å². The molecule has 1 aliphatic rings. The average Bonchev–Trinajstić information content (AvgIpc) is 3.37. The number of nitrogens with zero attached hydrogens (tertiary/aromatic N) is 1. The standard InChI is InChI=1S/C18H17ClFIN2O/c19-14-4-3-5-15(20)13(14)10-23(12-8-9-12)11-18(24)22-17-7-2-1-6-16(17)21/h1-7,12H,8-11H2,(H,22,24). The molecule has 0 heterocycles. The van der Waals surface area contributed by atoms with E-state index in [1.165, 1.54) is 6.07 Å². The third kappa shape index (κ3) is 4.46. The van der Waals surface area contributed by atoms with Crippen molar-refractivity contribution in [1.82, 2.24) is 4.90 Å². The second-order valence-corrected chi connectivity index (χ2v) is 7.43. The predicted molar refractivity (Wildman–Crippen MR) is 103 cm³/mol. The Labute approximate surface area is 159 Å². The van der Waals surface area contributed by atoms with Crippen LogP contribution in [0.2, 0.25) is 5.02 Å². The van der Waals surface area contributed by atoms with Crippen LogP contribution in [0, 0.1) is 9.39 Å². The molecular weight excluding hydrogens is 442 g/mol. The van der Waals surface area contributed by atoms with Crippen molar-refractivity contribution in [3.8, 4) is 0 Å². The van der Waals surface area contributed by atoms with Gasteiger partial charge in [-0.3, -0.25) is 9.69 Å². The Morgan fingerprint density at radius 2 is 2.00 bits per heavy atom. The predicted octanol–water partition coefficient (Wildman–Crippen LogP) is 4.69. The van der Waals surface area contributed by atoms with Gasteiger partial charge in [-0.1, -0.05) is 29.8 Å². The monoisotopic (exact) mass is 458 g/mol. The van der Waals surface area contributed by atoms with Gasteiger partial charge in [-0.15, -0.1) is 0 Å². The van der Waals surface area contributed by atoms with E-state index in [0.29, 0.717) is 23.2 Å². The van der Waals surface area contributed by atoms with E-state index in [9.17, 15) is 9.18 Å². The van der Waals surface area contributed by atoms with Crippen molar-refractivity contribution in [3.05, 3.63) is 62.4 Å². The summed E-state index contributed by atoms with van der Waals surface area (Å²) in [5.41, 5.74) is 1.25. The largest absolute Gasteiger partial charge is 0.324 e. The van der Waals surface area contributed by atoms with Crippen molar-refractivity contribution < 1.29 is 9.18 Å². The fourth-order valence-corrected chi connectivity index (χ4v) is 3.32. The van der Waals surface area contributed by atoms with Gasteiger partial charge in [-0.05, 0) is 59.7 Å². The molecule has 1 amide bonds. The molecule has 0 radical (unpaired) electrons. The van der Waals surface area contributed by atoms with Crippen molar-refractivity contribution in [1.29, 1.82) is 0 Å². The number of carbonyl (C=O) groups excluding carboxylic acids is 1. The van der Waals surface area contributed by atoms with Crippen LogP contribution in [0.3, 0.4) is 0 Å². The Kier molecular flexibility index (Phi) is 5.73. The maximum absolute atomic E-state index is 14.0. The van der Waals surface area contributed by atoms with Gasteiger partial charge in [-0.2, -0.15) is 0 Å². The molecule has 6 heteroatoms. The van der Waals surface area contributed by atoms with Crippen LogP contribution in [0.1, 0.15) is 18.4 Å². The molecule has 1 N–H and O–H groups in total. The lowest BCUT2D eigenvalue weighted by Crippen LogP contribution is -2.35. The van der Waals surface area contributed by atoms with Crippen LogP contribution in [-0.2, 0) is 11.3 Å². The van der Waals surface area contributed by atoms with E-state index in [1.54, 1.807) is 12.1 Å². The number of amides is 1. The van der Waals surface area contributed by atoms with Gasteiger partial charge in [-0.25, -0.2) is 4.39 Å². The molecule has 2 aromatic carbocycles. The zero-order valence-electron chi connectivity index (χ0n) is 12.9. The van der Waals surface area contributed by atoms with E-state index in [-0.39, 0.29) is 18.3 Å². The number of para-hydroxylation sites is 1. The van der Waals surface area contributed by atoms with Crippen LogP contribution < -0.4 is 5.32 Å². The van der Waals surface area contributed by atoms with Crippen LogP contribution in [0.4, 0.5) is 10.1 Å². The summed E-state index contributed by atoms with van der Waals surface area (Å²) in [5.74, 6) is -0.426. The number of anilines is 1. The average molecular weight is 459 g/mol. The normalized spacial score (nSPS) is 14.0. The maximum Gasteiger partial charge on any atom is 0.238 e. The minimum atomic E-state index is -0.328. The molecule has 2 aromatic rings. The first-order valence-electron chi connectivity index (χ1n) is 7.76. The highest BCUT2D eigenvalue weighted by molar-refractivity contribution is 14.1. The Bertz CT molecular complexity index is 731. The van der Waals surface area contributed by atoms with Gasteiger partial charge in [0, 0.05) is 26.7 Å². The summed E-state index contributed by atoms with van der Waals surface area (Å²) in [4.78, 5) is 14.4. The highest BCUT2D eigenvalue weighted by atomic mass is 127. The second kappa shape index (κ2) is 7.80. The number of benzene rings is 2. The highest BCUT2D eigenvalue weighted by Crippen LogP contribution is 2.30. The van der Waals surface area contributed by atoms with Gasteiger partial charge in [0.1, 0.15) is 5.82 Å². The zero-order valence-corrected chi connectivity index (χ0v) is 15.9. The number of halogens is 3. The lowest BCUT2D eigenvalue weighted by molar-refractivity contribution is -0.117. The lowest BCUT2D eigenvalue weighted by Gasteiger charge is -2.22. The van der Waals surface area contributed by atoms with Gasteiger partial charge in [0.05, 0.1) is 12.2 Å². The number of hydrogen-bond acceptors (Lipinski definition) is 2. The van der Waals surface area contributed by atoms with Gasteiger partial charge in [0.2, 0.25) is 5.91 Å². The van der Waals surface area contributed by atoms with E-state index < -0.39 is 0 Å². The van der Waals surface area contributed by atoms with Crippen LogP contribution in [0.25, 0.3) is 0 Å². The molecule has 3 nitrogen and oxygen atoms in total. The second-order valence-electron chi connectivity index (χ2n) is 5.86. The SMILES string of the molecule is O=C(CN(Cc1c(F)cccc1Cl)C1CC1)Nc1ccccc1I. The summed E-state index contributed by atoms with van der Waals surface area (Å²) in [6, 6.07) is 12.6. The molecule has 3 rings (SSSR count). The van der Waals surface area contributed by atoms with Gasteiger partial charge in [0.25, 0.3) is 0 Å². The Morgan fingerprint density at radius 1 is 1.25 bits per heavy atom. The first-order chi connectivity index (χ1) is 11.5. The molecule has 0 bridgehead atoms. The number of rotatable bonds is 6. The maximum atomic E-state index is 14.0. The van der Waals surface area contributed by atoms with Gasteiger partial charge >= 0.3 is 0 Å². The van der Waals surface area contributed by atoms with Crippen molar-refractivity contribution >= 4 is 45.8 Å². The first-order valence-corrected chi connectivity index (χ1v) is 9.21. The van der Waals surface area contributed by atoms with Crippen molar-refractivity contribution in [3.63, 3.8) is 0 Å². The summed E-state index contributed by atoms with van der Waals surface area (Å²) in [7, 11) is 0. The molecule has 0 saturated heterocycles. The summed E-state index contributed by atoms with van der Waals surface area (Å²) in [6.07, 6.45) is 2.06. The van der Waals surface area contributed by atoms with Gasteiger partial charge in [0.15, 0.2) is 0 Å². The van der Waals surface area contributed by atoms with Gasteiger partial charge < -0.3 is 5.32 Å². The molecule has 0 aliphatic heterocycles. The molecule has 0 unspecified atom stereocenters. The summed E-state index contributed by atoms with van der Waals surface area (Å²) < 4.78 is 15.0. The zero-order chi connectivity index (χ0) is 17.1. The molecule has 0 spiro atoms. The highest BCUT2D eigenvalue weighted by Gasteiger charge is 2.31. The molecule has 24 heavy (non-hydrogen) atoms. The Hall–Kier alpha value is -1.18. The molecule has 1 fully saturated rings. The first kappa shape index (κ1) is 17.6. The summed E-state index contributed by atoms with van der Waals surface area (Å²) in [5, 5.41) is 3.33. The van der Waals surface area contributed by atoms with Crippen molar-refractivity contribution in [2.75, 3.05) is 11.9 Å². The quantitative estimate of drug-likeness (QED) is 0.637. The van der Waals surface area contributed by atoms with Crippen LogP contribution in [-0.4, -0.2) is 23.4 Å². The molecule has 0 aromatic heterocycles.